The van der Waals surface area contributed by atoms with Gasteiger partial charge < -0.3 is 20.2 Å². The zero-order chi connectivity index (χ0) is 26.3. The average Bonchev–Trinajstić information content (AvgIpc) is 3.30. The molecule has 1 atom stereocenters. The molecule has 1 amide bonds. The Hall–Kier alpha value is -2.90. The number of nitrogen functional groups attached to an aromatic ring is 1. The van der Waals surface area contributed by atoms with Crippen LogP contribution in [0.25, 0.3) is 11.6 Å². The van der Waals surface area contributed by atoms with Crippen molar-refractivity contribution in [1.29, 1.82) is 0 Å². The summed E-state index contributed by atoms with van der Waals surface area (Å²) in [4.78, 5) is 18.7. The van der Waals surface area contributed by atoms with E-state index in [1.807, 2.05) is 0 Å². The van der Waals surface area contributed by atoms with E-state index in [1.54, 1.807) is 0 Å². The Bertz CT molecular complexity index is 1110. The third-order valence-corrected chi connectivity index (χ3v) is 6.72. The number of rotatable bonds is 1. The number of carbonyl (C=O) groups excluding carboxylic acids is 1. The molecule has 198 valence electrons. The molecule has 0 saturated heterocycles. The van der Waals surface area contributed by atoms with Gasteiger partial charge in [0.2, 0.25) is 5.60 Å². The van der Waals surface area contributed by atoms with Gasteiger partial charge in [-0.2, -0.15) is 26.3 Å². The monoisotopic (exact) mass is 521 g/mol. The van der Waals surface area contributed by atoms with Gasteiger partial charge in [-0.1, -0.05) is 25.7 Å². The lowest BCUT2D eigenvalue weighted by Crippen LogP contribution is -2.43. The average molecular weight is 521 g/mol. The van der Waals surface area contributed by atoms with Crippen LogP contribution in [-0.4, -0.2) is 49.9 Å². The van der Waals surface area contributed by atoms with Crippen molar-refractivity contribution in [2.45, 2.75) is 81.8 Å². The van der Waals surface area contributed by atoms with Crippen LogP contribution in [0, 0.1) is 0 Å². The van der Waals surface area contributed by atoms with Crippen LogP contribution >= 0.6 is 0 Å². The molecule has 2 aromatic heterocycles. The van der Waals surface area contributed by atoms with Crippen molar-refractivity contribution in [3.63, 3.8) is 0 Å². The van der Waals surface area contributed by atoms with Crippen LogP contribution in [0.5, 0.6) is 0 Å². The fourth-order valence-electron chi connectivity index (χ4n) is 4.75. The molecule has 1 unspecified atom stereocenters. The lowest BCUT2D eigenvalue weighted by Gasteiger charge is -2.35. The highest BCUT2D eigenvalue weighted by Crippen LogP contribution is 2.44. The number of hydrogen-bond donors (Lipinski definition) is 2. The first-order chi connectivity index (χ1) is 16.8. The second kappa shape index (κ2) is 9.52. The van der Waals surface area contributed by atoms with E-state index in [9.17, 15) is 36.2 Å². The maximum Gasteiger partial charge on any atom is 0.426 e. The van der Waals surface area contributed by atoms with E-state index >= 15 is 0 Å². The number of anilines is 1. The molecule has 0 spiro atoms. The van der Waals surface area contributed by atoms with Crippen molar-refractivity contribution in [3.05, 3.63) is 23.2 Å². The van der Waals surface area contributed by atoms with Crippen molar-refractivity contribution in [2.24, 2.45) is 0 Å². The Morgan fingerprint density at radius 3 is 2.31 bits per heavy atom. The second-order valence-corrected chi connectivity index (χ2v) is 9.19. The Kier molecular flexibility index (Phi) is 6.92. The van der Waals surface area contributed by atoms with Crippen LogP contribution in [-0.2, 0) is 11.8 Å². The number of nitrogens with zero attached hydrogens (tertiary/aromatic N) is 4. The minimum atomic E-state index is -5.16. The van der Waals surface area contributed by atoms with Crippen LogP contribution in [0.2, 0.25) is 0 Å². The van der Waals surface area contributed by atoms with Crippen molar-refractivity contribution in [3.8, 4) is 11.6 Å². The molecule has 1 saturated carbocycles. The molecular weight excluding hydrogens is 496 g/mol. The van der Waals surface area contributed by atoms with E-state index in [0.29, 0.717) is 18.9 Å². The van der Waals surface area contributed by atoms with Gasteiger partial charge in [0.05, 0.1) is 11.3 Å². The zero-order valence-electron chi connectivity index (χ0n) is 19.1. The summed E-state index contributed by atoms with van der Waals surface area (Å²) >= 11 is 0. The summed E-state index contributed by atoms with van der Waals surface area (Å²) in [7, 11) is 0. The molecule has 4 bridgehead atoms. The van der Waals surface area contributed by atoms with Crippen molar-refractivity contribution in [2.75, 3.05) is 12.3 Å². The molecule has 0 radical (unpaired) electrons. The Morgan fingerprint density at radius 1 is 1.00 bits per heavy atom. The third-order valence-electron chi connectivity index (χ3n) is 6.72. The van der Waals surface area contributed by atoms with Gasteiger partial charge in [0, 0.05) is 12.6 Å². The number of aromatic nitrogens is 3. The Morgan fingerprint density at radius 2 is 1.67 bits per heavy atom. The van der Waals surface area contributed by atoms with Gasteiger partial charge >= 0.3 is 12.4 Å². The number of fused-ring (bicyclic) bond motifs is 5. The number of aliphatic hydroxyl groups is 1. The molecule has 1 aliphatic heterocycles. The Balaban J connectivity index is 1.88. The smallest absolute Gasteiger partial charge is 0.416 e. The van der Waals surface area contributed by atoms with Gasteiger partial charge in [0.1, 0.15) is 5.69 Å². The summed E-state index contributed by atoms with van der Waals surface area (Å²) in [6, 6.07) is 0.158. The number of carbonyl (C=O) groups is 1. The van der Waals surface area contributed by atoms with Gasteiger partial charge in [-0.15, -0.1) is 10.2 Å². The fourth-order valence-corrected chi connectivity index (χ4v) is 4.75. The second-order valence-electron chi connectivity index (χ2n) is 9.19. The van der Waals surface area contributed by atoms with E-state index in [0.717, 1.165) is 19.3 Å². The molecule has 8 nitrogen and oxygen atoms in total. The lowest BCUT2D eigenvalue weighted by molar-refractivity contribution is -0.277. The zero-order valence-corrected chi connectivity index (χ0v) is 19.1. The predicted octanol–water partition coefficient (Wildman–Crippen LogP) is 4.83. The molecule has 4 rings (SSSR count). The molecule has 2 aliphatic rings. The highest BCUT2D eigenvalue weighted by molar-refractivity contribution is 5.95. The standard InChI is InChI=1S/C22H25F6N5O3/c23-21(24,25)13-11-14(29)16-17-31-32-19(36-17)20(35,22(26,27)28)9-5-2-6-10-33(18(34)15(13)30-16)12-7-3-1-4-8-12/h11-12,35H,1-10,29H2. The van der Waals surface area contributed by atoms with Crippen LogP contribution in [0.3, 0.4) is 0 Å². The molecular formula is C22H25F6N5O3. The number of amides is 1. The summed E-state index contributed by atoms with van der Waals surface area (Å²) in [5, 5.41) is 17.2. The summed E-state index contributed by atoms with van der Waals surface area (Å²) < 4.78 is 88.2. The predicted molar refractivity (Wildman–Crippen MR) is 113 cm³/mol. The van der Waals surface area contributed by atoms with Crippen molar-refractivity contribution in [1.82, 2.24) is 20.1 Å². The number of halogens is 6. The van der Waals surface area contributed by atoms with E-state index in [2.05, 4.69) is 15.2 Å². The fraction of sp³-hybridized carbons (Fsp3) is 0.636. The lowest BCUT2D eigenvalue weighted by atomic mass is 9.92. The van der Waals surface area contributed by atoms with Crippen LogP contribution in [0.15, 0.2) is 10.5 Å². The SMILES string of the molecule is Nc1cc(C(F)(F)F)c2nc1-c1nnc(o1)C(O)(C(F)(F)F)CCCCCN(C1CCCCC1)C2=O. The molecule has 2 aromatic rings. The highest BCUT2D eigenvalue weighted by Gasteiger charge is 2.58. The van der Waals surface area contributed by atoms with E-state index < -0.39 is 64.7 Å². The highest BCUT2D eigenvalue weighted by atomic mass is 19.4. The third kappa shape index (κ3) is 4.87. The molecule has 14 heteroatoms. The van der Waals surface area contributed by atoms with Crippen LogP contribution < -0.4 is 5.73 Å². The molecule has 3 N–H and O–H groups in total. The number of nitrogens with two attached hydrogens (primary N) is 1. The first-order valence-corrected chi connectivity index (χ1v) is 11.6. The van der Waals surface area contributed by atoms with Gasteiger partial charge in [-0.25, -0.2) is 4.98 Å². The summed E-state index contributed by atoms with van der Waals surface area (Å²) in [6.45, 7) is 0.0328. The van der Waals surface area contributed by atoms with E-state index in [1.165, 1.54) is 4.90 Å². The van der Waals surface area contributed by atoms with Crippen LogP contribution in [0.4, 0.5) is 32.0 Å². The van der Waals surface area contributed by atoms with Crippen molar-refractivity contribution < 1.29 is 40.7 Å². The molecule has 1 fully saturated rings. The minimum absolute atomic E-state index is 0.0328. The molecule has 1 aliphatic carbocycles. The normalized spacial score (nSPS) is 23.0. The van der Waals surface area contributed by atoms with Gasteiger partial charge in [0.25, 0.3) is 17.7 Å². The molecule has 36 heavy (non-hydrogen) atoms. The van der Waals surface area contributed by atoms with Crippen LogP contribution in [0.1, 0.15) is 79.7 Å². The maximum atomic E-state index is 13.9. The summed E-state index contributed by atoms with van der Waals surface area (Å²) in [5.41, 5.74) is -1.23. The molecule has 0 aromatic carbocycles. The van der Waals surface area contributed by atoms with Crippen molar-refractivity contribution >= 4 is 11.6 Å². The maximum absolute atomic E-state index is 13.9. The molecule has 3 heterocycles. The number of pyridine rings is 1. The van der Waals surface area contributed by atoms with E-state index in [4.69, 9.17) is 10.2 Å². The minimum Gasteiger partial charge on any atom is -0.416 e. The summed E-state index contributed by atoms with van der Waals surface area (Å²) in [5.74, 6) is -2.87. The number of hydrogen-bond acceptors (Lipinski definition) is 7. The quantitative estimate of drug-likeness (QED) is 0.516. The van der Waals surface area contributed by atoms with Gasteiger partial charge in [0.15, 0.2) is 5.69 Å². The van der Waals surface area contributed by atoms with Gasteiger partial charge in [-0.05, 0) is 38.2 Å². The largest absolute Gasteiger partial charge is 0.426 e. The van der Waals surface area contributed by atoms with E-state index in [-0.39, 0.29) is 31.8 Å². The number of alkyl halides is 6. The van der Waals surface area contributed by atoms with Gasteiger partial charge in [-0.3, -0.25) is 4.79 Å². The first kappa shape index (κ1) is 26.2. The topological polar surface area (TPSA) is 118 Å². The first-order valence-electron chi connectivity index (χ1n) is 11.6. The summed E-state index contributed by atoms with van der Waals surface area (Å²) in [6.07, 6.45) is -6.94. The Labute approximate surface area is 201 Å².